The highest BCUT2D eigenvalue weighted by Crippen LogP contribution is 2.16. The predicted molar refractivity (Wildman–Crippen MR) is 54.5 cm³/mol. The van der Waals surface area contributed by atoms with Gasteiger partial charge < -0.3 is 9.26 Å². The topological polar surface area (TPSA) is 48.2 Å². The minimum atomic E-state index is -0.292. The molecule has 0 N–H and O–H groups in total. The van der Waals surface area contributed by atoms with Gasteiger partial charge in [0.05, 0.1) is 0 Å². The second-order valence-electron chi connectivity index (χ2n) is 3.43. The quantitative estimate of drug-likeness (QED) is 0.800. The van der Waals surface area contributed by atoms with Crippen LogP contribution in [0.4, 0.5) is 4.39 Å². The maximum absolute atomic E-state index is 13.2. The Morgan fingerprint density at radius 2 is 2.19 bits per heavy atom. The Kier molecular flexibility index (Phi) is 2.85. The summed E-state index contributed by atoms with van der Waals surface area (Å²) in [7, 11) is 0. The average molecular weight is 222 g/mol. The maximum atomic E-state index is 13.2. The minimum Gasteiger partial charge on any atom is -0.484 e. The van der Waals surface area contributed by atoms with Crippen LogP contribution in [0.5, 0.6) is 5.75 Å². The Labute approximate surface area is 92.0 Å². The van der Waals surface area contributed by atoms with Gasteiger partial charge in [-0.1, -0.05) is 11.2 Å². The summed E-state index contributed by atoms with van der Waals surface area (Å²) in [5.74, 6) is 1.07. The second-order valence-corrected chi connectivity index (χ2v) is 3.43. The van der Waals surface area contributed by atoms with Crippen LogP contribution in [0, 0.1) is 19.7 Å². The molecule has 0 spiro atoms. The van der Waals surface area contributed by atoms with Gasteiger partial charge in [0, 0.05) is 6.07 Å². The van der Waals surface area contributed by atoms with Crippen molar-refractivity contribution in [3.05, 3.63) is 41.3 Å². The number of halogens is 1. The molecule has 1 aromatic carbocycles. The van der Waals surface area contributed by atoms with Crippen molar-refractivity contribution >= 4 is 0 Å². The third-order valence-electron chi connectivity index (χ3n) is 2.08. The summed E-state index contributed by atoms with van der Waals surface area (Å²) < 4.78 is 23.3. The predicted octanol–water partition coefficient (Wildman–Crippen LogP) is 2.40. The Balaban J connectivity index is 2.02. The van der Waals surface area contributed by atoms with Crippen molar-refractivity contribution < 1.29 is 13.7 Å². The Morgan fingerprint density at radius 3 is 2.81 bits per heavy atom. The molecule has 0 amide bonds. The van der Waals surface area contributed by atoms with Crippen LogP contribution in [0.3, 0.4) is 0 Å². The van der Waals surface area contributed by atoms with Crippen LogP contribution >= 0.6 is 0 Å². The smallest absolute Gasteiger partial charge is 0.264 e. The van der Waals surface area contributed by atoms with E-state index in [1.54, 1.807) is 26.0 Å². The highest BCUT2D eigenvalue weighted by molar-refractivity contribution is 5.27. The largest absolute Gasteiger partial charge is 0.484 e. The number of aryl methyl sites for hydroxylation is 2. The van der Waals surface area contributed by atoms with Gasteiger partial charge in [-0.15, -0.1) is 0 Å². The molecule has 0 aliphatic carbocycles. The lowest BCUT2D eigenvalue weighted by atomic mass is 10.2. The Morgan fingerprint density at radius 1 is 1.38 bits per heavy atom. The van der Waals surface area contributed by atoms with E-state index in [0.717, 1.165) is 0 Å². The number of hydrogen-bond acceptors (Lipinski definition) is 4. The van der Waals surface area contributed by atoms with E-state index in [4.69, 9.17) is 9.26 Å². The first-order chi connectivity index (χ1) is 7.65. The SMILES string of the molecule is Cc1noc(COc2ccc(C)c(F)c2)n1. The van der Waals surface area contributed by atoms with E-state index in [1.165, 1.54) is 6.07 Å². The zero-order chi connectivity index (χ0) is 11.5. The fraction of sp³-hybridized carbons (Fsp3) is 0.273. The molecule has 0 saturated carbocycles. The van der Waals surface area contributed by atoms with E-state index in [-0.39, 0.29) is 12.4 Å². The third-order valence-corrected chi connectivity index (χ3v) is 2.08. The molecule has 2 aromatic rings. The molecule has 0 fully saturated rings. The van der Waals surface area contributed by atoms with Gasteiger partial charge in [0.1, 0.15) is 11.6 Å². The van der Waals surface area contributed by atoms with Gasteiger partial charge in [-0.2, -0.15) is 4.98 Å². The van der Waals surface area contributed by atoms with Crippen molar-refractivity contribution in [2.75, 3.05) is 0 Å². The normalized spacial score (nSPS) is 10.4. The van der Waals surface area contributed by atoms with Crippen molar-refractivity contribution in [1.82, 2.24) is 10.1 Å². The molecule has 2 rings (SSSR count). The lowest BCUT2D eigenvalue weighted by Gasteiger charge is -2.03. The van der Waals surface area contributed by atoms with Crippen molar-refractivity contribution in [1.29, 1.82) is 0 Å². The zero-order valence-electron chi connectivity index (χ0n) is 9.03. The van der Waals surface area contributed by atoms with Gasteiger partial charge in [0.2, 0.25) is 0 Å². The fourth-order valence-corrected chi connectivity index (χ4v) is 1.21. The molecular formula is C11H11FN2O2. The fourth-order valence-electron chi connectivity index (χ4n) is 1.21. The molecule has 16 heavy (non-hydrogen) atoms. The van der Waals surface area contributed by atoms with Gasteiger partial charge in [0.15, 0.2) is 12.4 Å². The second kappa shape index (κ2) is 4.30. The van der Waals surface area contributed by atoms with Crippen molar-refractivity contribution in [2.45, 2.75) is 20.5 Å². The standard InChI is InChI=1S/C11H11FN2O2/c1-7-3-4-9(5-10(7)12)15-6-11-13-8(2)14-16-11/h3-5H,6H2,1-2H3. The molecule has 0 radical (unpaired) electrons. The summed E-state index contributed by atoms with van der Waals surface area (Å²) in [6.45, 7) is 3.56. The van der Waals surface area contributed by atoms with Gasteiger partial charge in [-0.25, -0.2) is 4.39 Å². The summed E-state index contributed by atoms with van der Waals surface area (Å²) in [5, 5.41) is 3.62. The van der Waals surface area contributed by atoms with E-state index < -0.39 is 0 Å². The van der Waals surface area contributed by atoms with Crippen molar-refractivity contribution in [3.63, 3.8) is 0 Å². The van der Waals surface area contributed by atoms with Gasteiger partial charge >= 0.3 is 0 Å². The van der Waals surface area contributed by atoms with Crippen LogP contribution in [-0.2, 0) is 6.61 Å². The summed E-state index contributed by atoms with van der Waals surface area (Å²) in [5.41, 5.74) is 0.584. The monoisotopic (exact) mass is 222 g/mol. The molecule has 0 unspecified atom stereocenters. The third kappa shape index (κ3) is 2.36. The first-order valence-corrected chi connectivity index (χ1v) is 4.83. The summed E-state index contributed by atoms with van der Waals surface area (Å²) >= 11 is 0. The number of benzene rings is 1. The molecule has 0 bridgehead atoms. The van der Waals surface area contributed by atoms with Crippen molar-refractivity contribution in [3.8, 4) is 5.75 Å². The minimum absolute atomic E-state index is 0.142. The summed E-state index contributed by atoms with van der Waals surface area (Å²) in [6, 6.07) is 4.68. The van der Waals surface area contributed by atoms with Crippen LogP contribution in [0.2, 0.25) is 0 Å². The molecular weight excluding hydrogens is 211 g/mol. The van der Waals surface area contributed by atoms with Gasteiger partial charge in [0.25, 0.3) is 5.89 Å². The average Bonchev–Trinajstić information content (AvgIpc) is 2.66. The number of hydrogen-bond donors (Lipinski definition) is 0. The van der Waals surface area contributed by atoms with E-state index in [9.17, 15) is 4.39 Å². The molecule has 4 nitrogen and oxygen atoms in total. The summed E-state index contributed by atoms with van der Waals surface area (Å²) in [4.78, 5) is 3.97. The first kappa shape index (κ1) is 10.6. The van der Waals surface area contributed by atoms with Crippen LogP contribution < -0.4 is 4.74 Å². The van der Waals surface area contributed by atoms with Gasteiger partial charge in [-0.05, 0) is 25.5 Å². The van der Waals surface area contributed by atoms with Crippen LogP contribution in [-0.4, -0.2) is 10.1 Å². The zero-order valence-corrected chi connectivity index (χ0v) is 9.03. The molecule has 0 aliphatic rings. The first-order valence-electron chi connectivity index (χ1n) is 4.83. The van der Waals surface area contributed by atoms with Crippen LogP contribution in [0.1, 0.15) is 17.3 Å². The highest BCUT2D eigenvalue weighted by atomic mass is 19.1. The van der Waals surface area contributed by atoms with E-state index in [1.807, 2.05) is 0 Å². The van der Waals surface area contributed by atoms with E-state index in [0.29, 0.717) is 23.0 Å². The maximum Gasteiger partial charge on any atom is 0.264 e. The molecule has 1 aromatic heterocycles. The number of nitrogens with zero attached hydrogens (tertiary/aromatic N) is 2. The lowest BCUT2D eigenvalue weighted by Crippen LogP contribution is -1.96. The number of ether oxygens (including phenoxy) is 1. The lowest BCUT2D eigenvalue weighted by molar-refractivity contribution is 0.241. The van der Waals surface area contributed by atoms with E-state index in [2.05, 4.69) is 10.1 Å². The Hall–Kier alpha value is -1.91. The summed E-state index contributed by atoms with van der Waals surface area (Å²) in [6.07, 6.45) is 0. The molecule has 1 heterocycles. The van der Waals surface area contributed by atoms with Crippen LogP contribution in [0.25, 0.3) is 0 Å². The number of aromatic nitrogens is 2. The molecule has 0 aliphatic heterocycles. The Bertz CT molecular complexity index is 496. The molecule has 84 valence electrons. The molecule has 0 saturated heterocycles. The van der Waals surface area contributed by atoms with Crippen LogP contribution in [0.15, 0.2) is 22.7 Å². The highest BCUT2D eigenvalue weighted by Gasteiger charge is 2.05. The molecule has 5 heteroatoms. The van der Waals surface area contributed by atoms with Crippen molar-refractivity contribution in [2.24, 2.45) is 0 Å². The number of rotatable bonds is 3. The molecule has 0 atom stereocenters. The van der Waals surface area contributed by atoms with E-state index >= 15 is 0 Å². The van der Waals surface area contributed by atoms with Gasteiger partial charge in [-0.3, -0.25) is 0 Å².